The van der Waals surface area contributed by atoms with Crippen molar-refractivity contribution < 1.29 is 14.3 Å². The molecule has 0 spiro atoms. The maximum atomic E-state index is 12.7. The molecule has 1 saturated carbocycles. The van der Waals surface area contributed by atoms with Gasteiger partial charge in [-0.2, -0.15) is 0 Å². The van der Waals surface area contributed by atoms with Gasteiger partial charge in [-0.3, -0.25) is 9.59 Å². The van der Waals surface area contributed by atoms with Gasteiger partial charge in [0.15, 0.2) is 0 Å². The molecule has 1 amide bonds. The van der Waals surface area contributed by atoms with Crippen LogP contribution in [0.5, 0.6) is 0 Å². The minimum absolute atomic E-state index is 0.00157. The molecule has 0 aromatic heterocycles. The smallest absolute Gasteiger partial charge is 0.307 e. The summed E-state index contributed by atoms with van der Waals surface area (Å²) in [6.07, 6.45) is 4.57. The van der Waals surface area contributed by atoms with Crippen LogP contribution in [0.15, 0.2) is 28.7 Å². The zero-order valence-electron chi connectivity index (χ0n) is 12.2. The highest BCUT2D eigenvalue weighted by Gasteiger charge is 2.27. The second kappa shape index (κ2) is 7.59. The Bertz CT molecular complexity index is 495. The second-order valence-electron chi connectivity index (χ2n) is 5.27. The van der Waals surface area contributed by atoms with E-state index in [1.54, 1.807) is 0 Å². The van der Waals surface area contributed by atoms with Crippen LogP contribution in [0.3, 0.4) is 0 Å². The summed E-state index contributed by atoms with van der Waals surface area (Å²) in [5.41, 5.74) is 0.662. The third-order valence-electron chi connectivity index (χ3n) is 3.90. The molecule has 0 saturated heterocycles. The summed E-state index contributed by atoms with van der Waals surface area (Å²) in [6, 6.07) is 7.59. The normalized spacial score (nSPS) is 15.0. The maximum absolute atomic E-state index is 12.7. The second-order valence-corrected chi connectivity index (χ2v) is 6.19. The third-order valence-corrected chi connectivity index (χ3v) is 4.43. The van der Waals surface area contributed by atoms with Gasteiger partial charge in [-0.1, -0.05) is 28.8 Å². The van der Waals surface area contributed by atoms with Gasteiger partial charge in [0.2, 0.25) is 0 Å². The van der Waals surface area contributed by atoms with Crippen molar-refractivity contribution in [1.82, 2.24) is 4.90 Å². The van der Waals surface area contributed by atoms with Crippen molar-refractivity contribution in [1.29, 1.82) is 0 Å². The van der Waals surface area contributed by atoms with Crippen LogP contribution >= 0.6 is 15.9 Å². The Hall–Kier alpha value is -1.36. The molecular formula is C16H20BrNO3. The maximum Gasteiger partial charge on any atom is 0.307 e. The highest BCUT2D eigenvalue weighted by atomic mass is 79.9. The van der Waals surface area contributed by atoms with Crippen molar-refractivity contribution in [3.63, 3.8) is 0 Å². The lowest BCUT2D eigenvalue weighted by Gasteiger charge is -2.29. The molecule has 114 valence electrons. The van der Waals surface area contributed by atoms with Gasteiger partial charge in [-0.25, -0.2) is 0 Å². The van der Waals surface area contributed by atoms with Crippen LogP contribution in [0, 0.1) is 0 Å². The van der Waals surface area contributed by atoms with E-state index in [-0.39, 0.29) is 24.3 Å². The number of esters is 1. The van der Waals surface area contributed by atoms with E-state index in [2.05, 4.69) is 20.7 Å². The SMILES string of the molecule is COC(=O)CCN(C(=O)c1ccc(Br)cc1)C1CCCC1. The van der Waals surface area contributed by atoms with Gasteiger partial charge in [-0.05, 0) is 37.1 Å². The number of rotatable bonds is 5. The van der Waals surface area contributed by atoms with Crippen LogP contribution in [0.1, 0.15) is 42.5 Å². The molecule has 4 nitrogen and oxygen atoms in total. The van der Waals surface area contributed by atoms with Crippen molar-refractivity contribution in [2.24, 2.45) is 0 Å². The molecular weight excluding hydrogens is 334 g/mol. The first-order valence-corrected chi connectivity index (χ1v) is 8.04. The number of carbonyl (C=O) groups is 2. The minimum Gasteiger partial charge on any atom is -0.469 e. The van der Waals surface area contributed by atoms with E-state index in [1.807, 2.05) is 29.2 Å². The van der Waals surface area contributed by atoms with E-state index in [9.17, 15) is 9.59 Å². The molecule has 0 atom stereocenters. The zero-order chi connectivity index (χ0) is 15.2. The fourth-order valence-electron chi connectivity index (χ4n) is 2.74. The summed E-state index contributed by atoms with van der Waals surface area (Å²) >= 11 is 3.37. The Morgan fingerprint density at radius 2 is 1.86 bits per heavy atom. The average molecular weight is 354 g/mol. The van der Waals surface area contributed by atoms with Gasteiger partial charge in [-0.15, -0.1) is 0 Å². The molecule has 2 rings (SSSR count). The molecule has 0 radical (unpaired) electrons. The number of ether oxygens (including phenoxy) is 1. The zero-order valence-corrected chi connectivity index (χ0v) is 13.8. The Balaban J connectivity index is 2.11. The summed E-state index contributed by atoms with van der Waals surface area (Å²) in [7, 11) is 1.37. The van der Waals surface area contributed by atoms with Crippen molar-refractivity contribution in [3.8, 4) is 0 Å². The number of benzene rings is 1. The quantitative estimate of drug-likeness (QED) is 0.762. The molecule has 5 heteroatoms. The van der Waals surface area contributed by atoms with Crippen molar-refractivity contribution in [2.75, 3.05) is 13.7 Å². The van der Waals surface area contributed by atoms with Crippen molar-refractivity contribution in [2.45, 2.75) is 38.1 Å². The van der Waals surface area contributed by atoms with Crippen LogP contribution in [-0.2, 0) is 9.53 Å². The van der Waals surface area contributed by atoms with E-state index < -0.39 is 0 Å². The van der Waals surface area contributed by atoms with E-state index in [0.29, 0.717) is 12.1 Å². The van der Waals surface area contributed by atoms with E-state index in [1.165, 1.54) is 7.11 Å². The van der Waals surface area contributed by atoms with Crippen molar-refractivity contribution in [3.05, 3.63) is 34.3 Å². The van der Waals surface area contributed by atoms with Crippen LogP contribution in [0.2, 0.25) is 0 Å². The van der Waals surface area contributed by atoms with Gasteiger partial charge in [0.05, 0.1) is 13.5 Å². The fourth-order valence-corrected chi connectivity index (χ4v) is 3.00. The minimum atomic E-state index is -0.276. The first-order valence-electron chi connectivity index (χ1n) is 7.25. The van der Waals surface area contributed by atoms with Crippen LogP contribution in [0.25, 0.3) is 0 Å². The highest BCUT2D eigenvalue weighted by Crippen LogP contribution is 2.25. The van der Waals surface area contributed by atoms with E-state index in [0.717, 1.165) is 30.2 Å². The molecule has 21 heavy (non-hydrogen) atoms. The third kappa shape index (κ3) is 4.30. The summed E-state index contributed by atoms with van der Waals surface area (Å²) in [4.78, 5) is 25.9. The Morgan fingerprint density at radius 3 is 2.43 bits per heavy atom. The number of carbonyl (C=O) groups excluding carboxylic acids is 2. The lowest BCUT2D eigenvalue weighted by molar-refractivity contribution is -0.140. The number of nitrogens with zero attached hydrogens (tertiary/aromatic N) is 1. The molecule has 0 unspecified atom stereocenters. The standard InChI is InChI=1S/C16H20BrNO3/c1-21-15(19)10-11-18(14-4-2-3-5-14)16(20)12-6-8-13(17)9-7-12/h6-9,14H,2-5,10-11H2,1H3. The molecule has 0 bridgehead atoms. The molecule has 1 aliphatic rings. The van der Waals surface area contributed by atoms with Gasteiger partial charge < -0.3 is 9.64 Å². The van der Waals surface area contributed by atoms with Crippen molar-refractivity contribution >= 4 is 27.8 Å². The monoisotopic (exact) mass is 353 g/mol. The van der Waals surface area contributed by atoms with Gasteiger partial charge >= 0.3 is 5.97 Å². The summed E-state index contributed by atoms with van der Waals surface area (Å²) in [5.74, 6) is -0.278. The molecule has 0 N–H and O–H groups in total. The van der Waals surface area contributed by atoms with Gasteiger partial charge in [0.1, 0.15) is 0 Å². The van der Waals surface area contributed by atoms with Crippen LogP contribution in [-0.4, -0.2) is 36.5 Å². The average Bonchev–Trinajstić information content (AvgIpc) is 3.01. The Labute approximate surface area is 133 Å². The molecule has 0 heterocycles. The first kappa shape index (κ1) is 16.0. The Kier molecular flexibility index (Phi) is 5.79. The van der Waals surface area contributed by atoms with E-state index in [4.69, 9.17) is 0 Å². The molecule has 1 aromatic carbocycles. The van der Waals surface area contributed by atoms with Gasteiger partial charge in [0.25, 0.3) is 5.91 Å². The molecule has 0 aliphatic heterocycles. The topological polar surface area (TPSA) is 46.6 Å². The molecule has 1 fully saturated rings. The summed E-state index contributed by atoms with van der Waals surface area (Å²) < 4.78 is 5.63. The first-order chi connectivity index (χ1) is 10.1. The summed E-state index contributed by atoms with van der Waals surface area (Å²) in [5, 5.41) is 0. The number of hydrogen-bond donors (Lipinski definition) is 0. The number of halogens is 1. The number of hydrogen-bond acceptors (Lipinski definition) is 3. The predicted octanol–water partition coefficient (Wildman–Crippen LogP) is 3.40. The summed E-state index contributed by atoms with van der Waals surface area (Å²) in [6.45, 7) is 0.423. The number of amides is 1. The molecule has 1 aliphatic carbocycles. The predicted molar refractivity (Wildman–Crippen MR) is 84.1 cm³/mol. The Morgan fingerprint density at radius 1 is 1.24 bits per heavy atom. The molecule has 1 aromatic rings. The van der Waals surface area contributed by atoms with Gasteiger partial charge in [0, 0.05) is 22.6 Å². The lowest BCUT2D eigenvalue weighted by Crippen LogP contribution is -2.40. The van der Waals surface area contributed by atoms with E-state index >= 15 is 0 Å². The lowest BCUT2D eigenvalue weighted by atomic mass is 10.1. The van der Waals surface area contributed by atoms with Crippen LogP contribution < -0.4 is 0 Å². The number of methoxy groups -OCH3 is 1. The highest BCUT2D eigenvalue weighted by molar-refractivity contribution is 9.10. The largest absolute Gasteiger partial charge is 0.469 e. The van der Waals surface area contributed by atoms with Crippen LogP contribution in [0.4, 0.5) is 0 Å². The fraction of sp³-hybridized carbons (Fsp3) is 0.500.